The molecule has 1 unspecified atom stereocenters. The number of aliphatic hydroxyl groups excluding tert-OH is 2. The number of aliphatic hydroxyl groups is 2. The Morgan fingerprint density at radius 2 is 2.07 bits per heavy atom. The van der Waals surface area contributed by atoms with Gasteiger partial charge in [0.2, 0.25) is 0 Å². The van der Waals surface area contributed by atoms with Gasteiger partial charge in [-0.2, -0.15) is 0 Å². The number of carbonyl (C=O) groups excluding carboxylic acids is 1. The van der Waals surface area contributed by atoms with Crippen LogP contribution in [0.5, 0.6) is 0 Å². The van der Waals surface area contributed by atoms with Gasteiger partial charge in [0.15, 0.2) is 0 Å². The van der Waals surface area contributed by atoms with Crippen LogP contribution in [0.15, 0.2) is 0 Å². The van der Waals surface area contributed by atoms with Gasteiger partial charge in [-0.05, 0) is 0 Å². The van der Waals surface area contributed by atoms with Gasteiger partial charge in [0.1, 0.15) is 6.10 Å². The number of hydrogen-bond acceptors (Lipinski definition) is 5. The molecule has 1 amide bonds. The Labute approximate surface area is 88.8 Å². The molecule has 0 aromatic heterocycles. The van der Waals surface area contributed by atoms with Crippen LogP contribution in [0, 0.1) is 0 Å². The van der Waals surface area contributed by atoms with Crippen LogP contribution in [0.2, 0.25) is 0 Å². The lowest BCUT2D eigenvalue weighted by Gasteiger charge is -2.28. The summed E-state index contributed by atoms with van der Waals surface area (Å²) in [4.78, 5) is 13.2. The lowest BCUT2D eigenvalue weighted by Crippen LogP contribution is -2.50. The first-order valence-corrected chi connectivity index (χ1v) is 5.12. The van der Waals surface area contributed by atoms with Crippen LogP contribution in [0.25, 0.3) is 0 Å². The number of ether oxygens (including phenoxy) is 1. The third-order valence-electron chi connectivity index (χ3n) is 2.25. The van der Waals surface area contributed by atoms with Gasteiger partial charge in [0.25, 0.3) is 5.91 Å². The maximum absolute atomic E-state index is 11.8. The van der Waals surface area contributed by atoms with Crippen LogP contribution in [-0.4, -0.2) is 73.1 Å². The molecule has 0 aliphatic carbocycles. The summed E-state index contributed by atoms with van der Waals surface area (Å²) >= 11 is 0. The predicted molar refractivity (Wildman–Crippen MR) is 53.4 cm³/mol. The molecule has 1 heterocycles. The Hall–Kier alpha value is -0.690. The van der Waals surface area contributed by atoms with Gasteiger partial charge in [-0.1, -0.05) is 0 Å². The quantitative estimate of drug-likeness (QED) is 0.487. The molecular formula is C9H18N2O4. The normalized spacial score (nSPS) is 21.3. The molecule has 15 heavy (non-hydrogen) atoms. The molecule has 6 heteroatoms. The van der Waals surface area contributed by atoms with E-state index in [1.807, 2.05) is 0 Å². The highest BCUT2D eigenvalue weighted by molar-refractivity contribution is 5.81. The van der Waals surface area contributed by atoms with Gasteiger partial charge >= 0.3 is 0 Å². The number of morpholine rings is 1. The molecule has 0 aromatic carbocycles. The van der Waals surface area contributed by atoms with Crippen molar-refractivity contribution in [1.29, 1.82) is 0 Å². The fourth-order valence-electron chi connectivity index (χ4n) is 1.50. The van der Waals surface area contributed by atoms with Crippen molar-refractivity contribution < 1.29 is 19.7 Å². The first kappa shape index (κ1) is 12.4. The standard InChI is InChI=1S/C9H18N2O4/c12-4-2-11(3-5-13)9(14)8-7-10-1-6-15-8/h8,10,12-13H,1-7H2. The number of rotatable bonds is 5. The first-order valence-electron chi connectivity index (χ1n) is 5.12. The van der Waals surface area contributed by atoms with Crippen LogP contribution in [0.1, 0.15) is 0 Å². The molecule has 0 spiro atoms. The van der Waals surface area contributed by atoms with Gasteiger partial charge in [-0.25, -0.2) is 0 Å². The van der Waals surface area contributed by atoms with Gasteiger partial charge in [-0.15, -0.1) is 0 Å². The van der Waals surface area contributed by atoms with E-state index in [1.165, 1.54) is 4.90 Å². The number of nitrogens with zero attached hydrogens (tertiary/aromatic N) is 1. The highest BCUT2D eigenvalue weighted by Crippen LogP contribution is 2.02. The van der Waals surface area contributed by atoms with E-state index in [1.54, 1.807) is 0 Å². The zero-order valence-corrected chi connectivity index (χ0v) is 8.69. The molecule has 0 aromatic rings. The zero-order chi connectivity index (χ0) is 11.1. The largest absolute Gasteiger partial charge is 0.395 e. The third-order valence-corrected chi connectivity index (χ3v) is 2.25. The summed E-state index contributed by atoms with van der Waals surface area (Å²) in [7, 11) is 0. The Bertz CT molecular complexity index is 189. The maximum Gasteiger partial charge on any atom is 0.253 e. The summed E-state index contributed by atoms with van der Waals surface area (Å²) in [6, 6.07) is 0. The minimum Gasteiger partial charge on any atom is -0.395 e. The summed E-state index contributed by atoms with van der Waals surface area (Å²) < 4.78 is 5.30. The minimum atomic E-state index is -0.489. The minimum absolute atomic E-state index is 0.105. The molecule has 1 aliphatic heterocycles. The van der Waals surface area contributed by atoms with Crippen LogP contribution < -0.4 is 5.32 Å². The molecular weight excluding hydrogens is 200 g/mol. The zero-order valence-electron chi connectivity index (χ0n) is 8.69. The van der Waals surface area contributed by atoms with E-state index in [2.05, 4.69) is 5.32 Å². The van der Waals surface area contributed by atoms with E-state index in [0.29, 0.717) is 13.2 Å². The monoisotopic (exact) mass is 218 g/mol. The van der Waals surface area contributed by atoms with Gasteiger partial charge in [0.05, 0.1) is 19.8 Å². The third kappa shape index (κ3) is 3.75. The molecule has 6 nitrogen and oxygen atoms in total. The SMILES string of the molecule is O=C(C1CNCCO1)N(CCO)CCO. The van der Waals surface area contributed by atoms with Crippen LogP contribution in [-0.2, 0) is 9.53 Å². The van der Waals surface area contributed by atoms with Crippen molar-refractivity contribution in [2.75, 3.05) is 46.0 Å². The Kier molecular flexibility index (Phi) is 5.56. The van der Waals surface area contributed by atoms with E-state index >= 15 is 0 Å². The molecule has 0 saturated carbocycles. The molecule has 88 valence electrons. The number of amides is 1. The molecule has 1 fully saturated rings. The van der Waals surface area contributed by atoms with Crippen LogP contribution >= 0.6 is 0 Å². The van der Waals surface area contributed by atoms with Crippen LogP contribution in [0.3, 0.4) is 0 Å². The summed E-state index contributed by atoms with van der Waals surface area (Å²) in [5, 5.41) is 20.6. The molecule has 1 atom stereocenters. The lowest BCUT2D eigenvalue weighted by atomic mass is 10.2. The van der Waals surface area contributed by atoms with E-state index < -0.39 is 6.10 Å². The fourth-order valence-corrected chi connectivity index (χ4v) is 1.50. The first-order chi connectivity index (χ1) is 7.29. The molecule has 3 N–H and O–H groups in total. The molecule has 0 radical (unpaired) electrons. The van der Waals surface area contributed by atoms with E-state index in [-0.39, 0.29) is 32.2 Å². The van der Waals surface area contributed by atoms with Crippen molar-refractivity contribution >= 4 is 5.91 Å². The van der Waals surface area contributed by atoms with Crippen molar-refractivity contribution in [2.24, 2.45) is 0 Å². The van der Waals surface area contributed by atoms with Crippen LogP contribution in [0.4, 0.5) is 0 Å². The predicted octanol–water partition coefficient (Wildman–Crippen LogP) is -2.21. The Balaban J connectivity index is 2.45. The van der Waals surface area contributed by atoms with Gasteiger partial charge < -0.3 is 25.2 Å². The summed E-state index contributed by atoms with van der Waals surface area (Å²) in [5.74, 6) is -0.176. The van der Waals surface area contributed by atoms with Crippen molar-refractivity contribution in [1.82, 2.24) is 10.2 Å². The van der Waals surface area contributed by atoms with E-state index in [9.17, 15) is 4.79 Å². The van der Waals surface area contributed by atoms with Crippen molar-refractivity contribution in [3.63, 3.8) is 0 Å². The van der Waals surface area contributed by atoms with E-state index in [4.69, 9.17) is 14.9 Å². The Morgan fingerprint density at radius 3 is 2.53 bits per heavy atom. The van der Waals surface area contributed by atoms with Gasteiger partial charge in [0, 0.05) is 26.2 Å². The second kappa shape index (κ2) is 6.73. The number of nitrogens with one attached hydrogen (secondary N) is 1. The smallest absolute Gasteiger partial charge is 0.253 e. The average molecular weight is 218 g/mol. The molecule has 1 rings (SSSR count). The second-order valence-corrected chi connectivity index (χ2v) is 3.34. The molecule has 1 aliphatic rings. The highest BCUT2D eigenvalue weighted by atomic mass is 16.5. The summed E-state index contributed by atoms with van der Waals surface area (Å²) in [6.07, 6.45) is -0.489. The lowest BCUT2D eigenvalue weighted by molar-refractivity contribution is -0.146. The van der Waals surface area contributed by atoms with Crippen molar-refractivity contribution in [2.45, 2.75) is 6.10 Å². The number of carbonyl (C=O) groups is 1. The number of hydrogen-bond donors (Lipinski definition) is 3. The maximum atomic E-state index is 11.8. The highest BCUT2D eigenvalue weighted by Gasteiger charge is 2.26. The fraction of sp³-hybridized carbons (Fsp3) is 0.889. The topological polar surface area (TPSA) is 82.0 Å². The molecule has 1 saturated heterocycles. The summed E-state index contributed by atoms with van der Waals surface area (Å²) in [5.41, 5.74) is 0. The second-order valence-electron chi connectivity index (χ2n) is 3.34. The van der Waals surface area contributed by atoms with E-state index in [0.717, 1.165) is 6.54 Å². The Morgan fingerprint density at radius 1 is 1.40 bits per heavy atom. The van der Waals surface area contributed by atoms with Crippen molar-refractivity contribution in [3.8, 4) is 0 Å². The van der Waals surface area contributed by atoms with Crippen molar-refractivity contribution in [3.05, 3.63) is 0 Å². The van der Waals surface area contributed by atoms with Gasteiger partial charge in [-0.3, -0.25) is 4.79 Å². The average Bonchev–Trinajstić information content (AvgIpc) is 2.29. The summed E-state index contributed by atoms with van der Waals surface area (Å²) in [6.45, 7) is 2.02. The molecule has 0 bridgehead atoms.